The number of hydrogen-bond donors (Lipinski definition) is 3. The van der Waals surface area contributed by atoms with Crippen molar-refractivity contribution in [2.75, 3.05) is 19.5 Å². The molecule has 12 heteroatoms. The van der Waals surface area contributed by atoms with E-state index in [1.807, 2.05) is 0 Å². The normalized spacial score (nSPS) is 20.4. The lowest BCUT2D eigenvalue weighted by Crippen LogP contribution is -2.62. The average molecular weight is 485 g/mol. The van der Waals surface area contributed by atoms with Crippen LogP contribution in [0, 0.1) is 5.82 Å². The number of nitrogens with zero attached hydrogens (tertiary/aromatic N) is 1. The van der Waals surface area contributed by atoms with E-state index in [4.69, 9.17) is 16.3 Å². The zero-order valence-corrected chi connectivity index (χ0v) is 18.8. The van der Waals surface area contributed by atoms with E-state index in [9.17, 15) is 22.4 Å². The molecule has 0 bridgehead atoms. The summed E-state index contributed by atoms with van der Waals surface area (Å²) in [5.74, 6) is -1.34. The molecule has 2 unspecified atom stereocenters. The van der Waals surface area contributed by atoms with E-state index >= 15 is 0 Å². The summed E-state index contributed by atoms with van der Waals surface area (Å²) in [7, 11) is -1.37. The second-order valence-electron chi connectivity index (χ2n) is 7.09. The minimum Gasteiger partial charge on any atom is -0.496 e. The molecule has 0 saturated carbocycles. The number of carbonyl (C=O) groups excluding carboxylic acids is 2. The number of para-hydroxylation sites is 1. The van der Waals surface area contributed by atoms with Crippen LogP contribution in [0.25, 0.3) is 0 Å². The van der Waals surface area contributed by atoms with Crippen molar-refractivity contribution in [3.8, 4) is 5.75 Å². The van der Waals surface area contributed by atoms with Gasteiger partial charge in [-0.25, -0.2) is 4.39 Å². The summed E-state index contributed by atoms with van der Waals surface area (Å²) in [5, 5.41) is 4.98. The van der Waals surface area contributed by atoms with Crippen LogP contribution in [0.4, 0.5) is 10.1 Å². The van der Waals surface area contributed by atoms with E-state index in [-0.39, 0.29) is 23.7 Å². The van der Waals surface area contributed by atoms with Crippen LogP contribution >= 0.6 is 11.6 Å². The number of carbonyl (C=O) groups is 2. The van der Waals surface area contributed by atoms with Crippen LogP contribution in [0.1, 0.15) is 12.0 Å². The molecule has 0 spiro atoms. The molecule has 0 radical (unpaired) electrons. The van der Waals surface area contributed by atoms with Crippen molar-refractivity contribution < 1.29 is 27.1 Å². The van der Waals surface area contributed by atoms with Crippen molar-refractivity contribution in [1.29, 1.82) is 0 Å². The van der Waals surface area contributed by atoms with Gasteiger partial charge in [0.1, 0.15) is 23.7 Å². The number of benzene rings is 2. The Bertz CT molecular complexity index is 1130. The first kappa shape index (κ1) is 23.9. The molecule has 2 aromatic carbocycles. The van der Waals surface area contributed by atoms with Crippen LogP contribution < -0.4 is 20.1 Å². The van der Waals surface area contributed by atoms with Crippen molar-refractivity contribution in [3.63, 3.8) is 0 Å². The summed E-state index contributed by atoms with van der Waals surface area (Å²) in [4.78, 5) is 25.4. The minimum atomic E-state index is -4.10. The largest absolute Gasteiger partial charge is 0.496 e. The molecule has 1 heterocycles. The second kappa shape index (κ2) is 9.82. The average Bonchev–Trinajstić information content (AvgIpc) is 2.76. The molecule has 2 aromatic rings. The van der Waals surface area contributed by atoms with Gasteiger partial charge in [0.15, 0.2) is 0 Å². The number of halogens is 2. The van der Waals surface area contributed by atoms with Crippen molar-refractivity contribution >= 4 is 39.3 Å². The Balaban J connectivity index is 1.72. The monoisotopic (exact) mass is 484 g/mol. The molecule has 2 amide bonds. The van der Waals surface area contributed by atoms with E-state index in [1.54, 1.807) is 24.3 Å². The Labute approximate surface area is 190 Å². The number of rotatable bonds is 6. The van der Waals surface area contributed by atoms with Gasteiger partial charge in [0.2, 0.25) is 11.8 Å². The number of ether oxygens (including phenoxy) is 1. The third-order valence-electron chi connectivity index (χ3n) is 5.02. The number of methoxy groups -OCH3 is 1. The molecular weight excluding hydrogens is 463 g/mol. The first-order chi connectivity index (χ1) is 15.1. The zero-order valence-electron chi connectivity index (χ0n) is 17.3. The summed E-state index contributed by atoms with van der Waals surface area (Å²) in [6.07, 6.45) is -0.117. The lowest BCUT2D eigenvalue weighted by molar-refractivity contribution is -0.124. The number of nitrogens with one attached hydrogen (secondary N) is 3. The van der Waals surface area contributed by atoms with Crippen LogP contribution in [0.2, 0.25) is 5.02 Å². The Kier molecular flexibility index (Phi) is 7.34. The molecule has 0 aliphatic carbocycles. The van der Waals surface area contributed by atoms with E-state index in [0.717, 1.165) is 10.4 Å². The van der Waals surface area contributed by atoms with Gasteiger partial charge in [-0.1, -0.05) is 29.8 Å². The second-order valence-corrected chi connectivity index (χ2v) is 9.26. The molecule has 1 aliphatic rings. The Morgan fingerprint density at radius 2 is 1.97 bits per heavy atom. The third kappa shape index (κ3) is 5.36. The highest BCUT2D eigenvalue weighted by Crippen LogP contribution is 2.23. The summed E-state index contributed by atoms with van der Waals surface area (Å²) in [5.41, 5.74) is 0.907. The fourth-order valence-electron chi connectivity index (χ4n) is 3.24. The van der Waals surface area contributed by atoms with Crippen molar-refractivity contribution in [3.05, 3.63) is 58.9 Å². The van der Waals surface area contributed by atoms with Gasteiger partial charge in [-0.2, -0.15) is 17.4 Å². The highest BCUT2D eigenvalue weighted by atomic mass is 35.5. The lowest BCUT2D eigenvalue weighted by Gasteiger charge is -2.35. The molecule has 0 aromatic heterocycles. The van der Waals surface area contributed by atoms with Gasteiger partial charge in [-0.3, -0.25) is 9.59 Å². The zero-order chi connectivity index (χ0) is 23.5. The van der Waals surface area contributed by atoms with Crippen molar-refractivity contribution in [2.24, 2.45) is 0 Å². The first-order valence-electron chi connectivity index (χ1n) is 9.53. The van der Waals surface area contributed by atoms with Crippen molar-refractivity contribution in [1.82, 2.24) is 14.3 Å². The Hall–Kier alpha value is -2.73. The maximum absolute atomic E-state index is 13.3. The van der Waals surface area contributed by atoms with Gasteiger partial charge in [-0.05, 0) is 30.7 Å². The van der Waals surface area contributed by atoms with Crippen LogP contribution in [0.3, 0.4) is 0 Å². The van der Waals surface area contributed by atoms with Crippen LogP contribution in [0.5, 0.6) is 5.75 Å². The van der Waals surface area contributed by atoms with Gasteiger partial charge in [0.05, 0.1) is 12.1 Å². The number of likely N-dealkylation sites (N-methyl/N-ethyl adjacent to an activating group) is 1. The van der Waals surface area contributed by atoms with Gasteiger partial charge in [0.25, 0.3) is 10.2 Å². The Morgan fingerprint density at radius 3 is 2.66 bits per heavy atom. The summed E-state index contributed by atoms with van der Waals surface area (Å²) >= 11 is 5.72. The third-order valence-corrected chi connectivity index (χ3v) is 6.90. The van der Waals surface area contributed by atoms with Crippen LogP contribution in [-0.4, -0.2) is 50.8 Å². The van der Waals surface area contributed by atoms with Crippen LogP contribution in [-0.2, 0) is 26.3 Å². The fourth-order valence-corrected chi connectivity index (χ4v) is 4.66. The number of amides is 2. The Morgan fingerprint density at radius 1 is 1.25 bits per heavy atom. The maximum atomic E-state index is 13.3. The molecule has 3 N–H and O–H groups in total. The van der Waals surface area contributed by atoms with E-state index < -0.39 is 39.9 Å². The van der Waals surface area contributed by atoms with E-state index in [0.29, 0.717) is 11.3 Å². The van der Waals surface area contributed by atoms with Gasteiger partial charge >= 0.3 is 0 Å². The highest BCUT2D eigenvalue weighted by molar-refractivity contribution is 7.87. The van der Waals surface area contributed by atoms with Gasteiger partial charge < -0.3 is 15.4 Å². The van der Waals surface area contributed by atoms with Gasteiger partial charge in [0, 0.05) is 24.8 Å². The molecule has 2 atom stereocenters. The molecule has 9 nitrogen and oxygen atoms in total. The standard InChI is InChI=1S/C20H22ClFN4O5S/c1-26-17(20(28)24-13-7-8-15(22)14(21)9-13)10-16(25-32(26,29)30)19(27)23-11-12-5-3-4-6-18(12)31-2/h3-9,16-17,25H,10-11H2,1-2H3,(H,23,27)(H,24,28). The molecule has 1 saturated heterocycles. The summed E-state index contributed by atoms with van der Waals surface area (Å²) < 4.78 is 46.7. The van der Waals surface area contributed by atoms with E-state index in [1.165, 1.54) is 26.3 Å². The fraction of sp³-hybridized carbons (Fsp3) is 0.300. The first-order valence-corrected chi connectivity index (χ1v) is 11.3. The predicted octanol–water partition coefficient (Wildman–Crippen LogP) is 1.65. The van der Waals surface area contributed by atoms with Crippen molar-refractivity contribution in [2.45, 2.75) is 25.0 Å². The van der Waals surface area contributed by atoms with E-state index in [2.05, 4.69) is 15.4 Å². The molecule has 32 heavy (non-hydrogen) atoms. The smallest absolute Gasteiger partial charge is 0.280 e. The minimum absolute atomic E-state index is 0.113. The quantitative estimate of drug-likeness (QED) is 0.576. The molecule has 172 valence electrons. The topological polar surface area (TPSA) is 117 Å². The molecule has 1 fully saturated rings. The highest BCUT2D eigenvalue weighted by Gasteiger charge is 2.42. The SMILES string of the molecule is COc1ccccc1CNC(=O)C1CC(C(=O)Nc2ccc(F)c(Cl)c2)N(C)S(=O)(=O)N1. The number of hydrogen-bond acceptors (Lipinski definition) is 5. The summed E-state index contributed by atoms with van der Waals surface area (Å²) in [6.45, 7) is 0.113. The maximum Gasteiger partial charge on any atom is 0.280 e. The van der Waals surface area contributed by atoms with Gasteiger partial charge in [-0.15, -0.1) is 0 Å². The molecule has 1 aliphatic heterocycles. The van der Waals surface area contributed by atoms with Crippen LogP contribution in [0.15, 0.2) is 42.5 Å². The summed E-state index contributed by atoms with van der Waals surface area (Å²) in [6, 6.07) is 8.31. The number of anilines is 1. The molecular formula is C20H22ClFN4O5S. The predicted molar refractivity (Wildman–Crippen MR) is 117 cm³/mol. The lowest BCUT2D eigenvalue weighted by atomic mass is 10.1. The molecule has 3 rings (SSSR count).